The Morgan fingerprint density at radius 3 is 2.36 bits per heavy atom. The van der Waals surface area contributed by atoms with Crippen molar-refractivity contribution < 1.29 is 38.6 Å². The zero-order chi connectivity index (χ0) is 32.7. The fourth-order valence-electron chi connectivity index (χ4n) is 5.75. The second-order valence-corrected chi connectivity index (χ2v) is 12.0. The Hall–Kier alpha value is -4.29. The molecule has 0 bridgehead atoms. The molecule has 4 rings (SSSR count). The summed E-state index contributed by atoms with van der Waals surface area (Å²) >= 11 is 0. The topological polar surface area (TPSA) is 177 Å². The van der Waals surface area contributed by atoms with Crippen molar-refractivity contribution in [2.75, 3.05) is 6.54 Å². The summed E-state index contributed by atoms with van der Waals surface area (Å²) in [5.74, 6) is -4.34. The van der Waals surface area contributed by atoms with Gasteiger partial charge in [-0.1, -0.05) is 56.3 Å². The lowest BCUT2D eigenvalue weighted by atomic mass is 9.86. The molecule has 0 radical (unpaired) electrons. The van der Waals surface area contributed by atoms with Crippen LogP contribution in [-0.4, -0.2) is 76.5 Å². The fraction of sp³-hybridized carbons (Fsp3) is 0.485. The molecule has 0 aliphatic carbocycles. The number of esters is 1. The Morgan fingerprint density at radius 1 is 1.02 bits per heavy atom. The second-order valence-electron chi connectivity index (χ2n) is 12.0. The highest BCUT2D eigenvalue weighted by Crippen LogP contribution is 2.29. The molecule has 2 fully saturated rings. The number of phenols is 1. The molecule has 6 atom stereocenters. The molecular weight excluding hydrogens is 580 g/mol. The number of nitrogens with zero attached hydrogens (tertiary/aromatic N) is 1. The standard InChI is InChI=1S/C33H42N4O8/c1-19(2)28(36-30(41)24(35-20(3)38)17-21-12-14-23(39)15-13-21)31(42)37-16-8-7-11-25(37)29(40)26-27(34)33(45-32(26)43)44-18-22-9-5-4-6-10-22/h4-6,9-10,12-15,19,24-28,33,39H,7-8,11,16-18,34H2,1-3H3,(H,35,38)(H,36,41)/t24-,25?,26?,27?,28-,33?/m0/s1. The van der Waals surface area contributed by atoms with Gasteiger partial charge in [-0.2, -0.15) is 0 Å². The highest BCUT2D eigenvalue weighted by molar-refractivity contribution is 6.05. The van der Waals surface area contributed by atoms with Gasteiger partial charge in [0.2, 0.25) is 24.0 Å². The van der Waals surface area contributed by atoms with Crippen molar-refractivity contribution in [1.29, 1.82) is 0 Å². The summed E-state index contributed by atoms with van der Waals surface area (Å²) in [7, 11) is 0. The van der Waals surface area contributed by atoms with E-state index in [2.05, 4.69) is 10.6 Å². The van der Waals surface area contributed by atoms with Crippen molar-refractivity contribution >= 4 is 29.5 Å². The number of amides is 3. The van der Waals surface area contributed by atoms with Crippen LogP contribution < -0.4 is 16.4 Å². The maximum absolute atomic E-state index is 14.0. The van der Waals surface area contributed by atoms with Crippen molar-refractivity contribution in [3.05, 3.63) is 65.7 Å². The minimum atomic E-state index is -1.30. The summed E-state index contributed by atoms with van der Waals surface area (Å²) in [4.78, 5) is 67.6. The van der Waals surface area contributed by atoms with Crippen molar-refractivity contribution in [3.8, 4) is 5.75 Å². The molecule has 0 saturated carbocycles. The molecule has 4 unspecified atom stereocenters. The van der Waals surface area contributed by atoms with Crippen LogP contribution in [0.2, 0.25) is 0 Å². The number of rotatable bonds is 12. The first kappa shape index (κ1) is 33.6. The quantitative estimate of drug-likeness (QED) is 0.202. The number of aromatic hydroxyl groups is 1. The Labute approximate surface area is 262 Å². The van der Waals surface area contributed by atoms with Crippen LogP contribution in [0.25, 0.3) is 0 Å². The van der Waals surface area contributed by atoms with Crippen molar-refractivity contribution in [1.82, 2.24) is 15.5 Å². The molecule has 3 amide bonds. The normalized spacial score (nSPS) is 22.8. The molecule has 0 spiro atoms. The maximum atomic E-state index is 14.0. The van der Waals surface area contributed by atoms with Crippen molar-refractivity contribution in [2.24, 2.45) is 17.6 Å². The molecule has 12 nitrogen and oxygen atoms in total. The van der Waals surface area contributed by atoms with Gasteiger partial charge in [0.05, 0.1) is 18.7 Å². The van der Waals surface area contributed by atoms with E-state index in [-0.39, 0.29) is 31.2 Å². The largest absolute Gasteiger partial charge is 0.508 e. The van der Waals surface area contributed by atoms with Crippen LogP contribution in [0.1, 0.15) is 51.2 Å². The summed E-state index contributed by atoms with van der Waals surface area (Å²) in [6.07, 6.45) is 0.672. The minimum Gasteiger partial charge on any atom is -0.508 e. The Bertz CT molecular complexity index is 1370. The van der Waals surface area contributed by atoms with E-state index >= 15 is 0 Å². The highest BCUT2D eigenvalue weighted by Gasteiger charge is 2.51. The number of cyclic esters (lactones) is 1. The number of nitrogens with one attached hydrogen (secondary N) is 2. The maximum Gasteiger partial charge on any atom is 0.320 e. The van der Waals surface area contributed by atoms with E-state index in [1.54, 1.807) is 26.0 Å². The Morgan fingerprint density at radius 2 is 1.71 bits per heavy atom. The zero-order valence-corrected chi connectivity index (χ0v) is 25.8. The molecule has 45 heavy (non-hydrogen) atoms. The lowest BCUT2D eigenvalue weighted by molar-refractivity contribution is -0.167. The number of likely N-dealkylation sites (tertiary alicyclic amines) is 1. The average molecular weight is 623 g/mol. The Balaban J connectivity index is 1.47. The van der Waals surface area contributed by atoms with Gasteiger partial charge >= 0.3 is 5.97 Å². The van der Waals surface area contributed by atoms with E-state index < -0.39 is 65.8 Å². The molecule has 2 aliphatic rings. The Kier molecular flexibility index (Phi) is 11.3. The van der Waals surface area contributed by atoms with Crippen LogP contribution in [0.5, 0.6) is 5.75 Å². The summed E-state index contributed by atoms with van der Waals surface area (Å²) in [6.45, 7) is 5.25. The predicted molar refractivity (Wildman–Crippen MR) is 163 cm³/mol. The molecule has 0 aromatic heterocycles. The van der Waals surface area contributed by atoms with Crippen LogP contribution in [0.15, 0.2) is 54.6 Å². The summed E-state index contributed by atoms with van der Waals surface area (Å²) in [5, 5.41) is 15.0. The van der Waals surface area contributed by atoms with Crippen molar-refractivity contribution in [3.63, 3.8) is 0 Å². The third-order valence-corrected chi connectivity index (χ3v) is 8.16. The molecule has 12 heteroatoms. The van der Waals surface area contributed by atoms with Gasteiger partial charge in [-0.25, -0.2) is 0 Å². The van der Waals surface area contributed by atoms with Gasteiger partial charge in [0.15, 0.2) is 5.78 Å². The molecule has 2 aromatic carbocycles. The van der Waals surface area contributed by atoms with Gasteiger partial charge < -0.3 is 35.8 Å². The lowest BCUT2D eigenvalue weighted by Crippen LogP contribution is -2.60. The van der Waals surface area contributed by atoms with Gasteiger partial charge in [-0.3, -0.25) is 24.0 Å². The van der Waals surface area contributed by atoms with E-state index in [0.717, 1.165) is 5.56 Å². The number of hydrogen-bond acceptors (Lipinski definition) is 9. The van der Waals surface area contributed by atoms with Crippen LogP contribution in [-0.2, 0) is 46.5 Å². The van der Waals surface area contributed by atoms with Gasteiger partial charge in [0, 0.05) is 19.9 Å². The summed E-state index contributed by atoms with van der Waals surface area (Å²) in [6, 6.07) is 11.5. The zero-order valence-electron chi connectivity index (χ0n) is 25.8. The van der Waals surface area contributed by atoms with Crippen LogP contribution >= 0.6 is 0 Å². The van der Waals surface area contributed by atoms with Crippen LogP contribution in [0.4, 0.5) is 0 Å². The monoisotopic (exact) mass is 622 g/mol. The lowest BCUT2D eigenvalue weighted by Gasteiger charge is -2.39. The van der Waals surface area contributed by atoms with E-state index in [4.69, 9.17) is 15.2 Å². The first-order valence-corrected chi connectivity index (χ1v) is 15.3. The summed E-state index contributed by atoms with van der Waals surface area (Å²) in [5.41, 5.74) is 7.87. The highest BCUT2D eigenvalue weighted by atomic mass is 16.7. The number of phenolic OH excluding ortho intramolecular Hbond substituents is 1. The van der Waals surface area contributed by atoms with Crippen LogP contribution in [0.3, 0.4) is 0 Å². The molecule has 2 saturated heterocycles. The van der Waals surface area contributed by atoms with E-state index in [0.29, 0.717) is 24.8 Å². The number of hydrogen-bond donors (Lipinski definition) is 4. The molecule has 2 aliphatic heterocycles. The number of ether oxygens (including phenoxy) is 2. The first-order valence-electron chi connectivity index (χ1n) is 15.3. The van der Waals surface area contributed by atoms with Gasteiger partial charge in [0.25, 0.3) is 0 Å². The predicted octanol–water partition coefficient (Wildman–Crippen LogP) is 1.57. The summed E-state index contributed by atoms with van der Waals surface area (Å²) < 4.78 is 11.1. The van der Waals surface area contributed by atoms with E-state index in [1.165, 1.54) is 24.0 Å². The number of ketones is 1. The second kappa shape index (κ2) is 15.1. The molecule has 5 N–H and O–H groups in total. The first-order chi connectivity index (χ1) is 21.5. The number of carbonyl (C=O) groups is 5. The van der Waals surface area contributed by atoms with E-state index in [1.807, 2.05) is 30.3 Å². The van der Waals surface area contributed by atoms with Gasteiger partial charge in [-0.15, -0.1) is 0 Å². The molecular formula is C33H42N4O8. The smallest absolute Gasteiger partial charge is 0.320 e. The molecule has 242 valence electrons. The molecule has 2 aromatic rings. The average Bonchev–Trinajstić information content (AvgIpc) is 3.31. The minimum absolute atomic E-state index is 0.0671. The number of Topliss-reactive ketones (excluding diaryl/α,β-unsaturated/α-hetero) is 1. The third-order valence-electron chi connectivity index (χ3n) is 8.16. The third kappa shape index (κ3) is 8.46. The number of nitrogens with two attached hydrogens (primary N) is 1. The van der Waals surface area contributed by atoms with Gasteiger partial charge in [-0.05, 0) is 48.4 Å². The van der Waals surface area contributed by atoms with Gasteiger partial charge in [0.1, 0.15) is 23.8 Å². The number of piperidine rings is 1. The molecule has 2 heterocycles. The number of benzene rings is 2. The SMILES string of the molecule is CC(=O)N[C@@H](Cc1ccc(O)cc1)C(=O)N[C@H](C(=O)N1CCCCC1C(=O)C1C(=O)OC(OCc2ccccc2)C1N)C(C)C. The van der Waals surface area contributed by atoms with Crippen molar-refractivity contribution in [2.45, 2.75) is 83.5 Å². The fourth-order valence-corrected chi connectivity index (χ4v) is 5.75. The van der Waals surface area contributed by atoms with Crippen LogP contribution in [0, 0.1) is 11.8 Å². The number of carbonyl (C=O) groups excluding carboxylic acids is 5. The van der Waals surface area contributed by atoms with E-state index in [9.17, 15) is 29.1 Å².